The molecule has 106 valence electrons. The van der Waals surface area contributed by atoms with Gasteiger partial charge in [0, 0.05) is 17.3 Å². The van der Waals surface area contributed by atoms with Crippen molar-refractivity contribution in [3.63, 3.8) is 0 Å². The fraction of sp³-hybridized carbons (Fsp3) is 0.353. The Balaban J connectivity index is 2.18. The summed E-state index contributed by atoms with van der Waals surface area (Å²) in [5.41, 5.74) is 4.34. The average Bonchev–Trinajstić information content (AvgIpc) is 2.44. The van der Waals surface area contributed by atoms with Crippen LogP contribution >= 0.6 is 0 Å². The summed E-state index contributed by atoms with van der Waals surface area (Å²) in [6.07, 6.45) is 0. The quantitative estimate of drug-likeness (QED) is 0.902. The van der Waals surface area contributed by atoms with Gasteiger partial charge in [0.25, 0.3) is 0 Å². The summed E-state index contributed by atoms with van der Waals surface area (Å²) in [4.78, 5) is 4.46. The Hall–Kier alpha value is -1.87. The first-order chi connectivity index (χ1) is 9.60. The highest BCUT2D eigenvalue weighted by Crippen LogP contribution is 2.26. The standard InChI is InChI=1S/C17H22N2O/c1-12-8-9-16(14(3)18-4)17(10-12)20-11-15-7-5-6-13(2)19-15/h5-10,14,18H,11H2,1-4H3. The lowest BCUT2D eigenvalue weighted by Crippen LogP contribution is -2.14. The van der Waals surface area contributed by atoms with Gasteiger partial charge in [0.05, 0.1) is 5.69 Å². The van der Waals surface area contributed by atoms with Gasteiger partial charge in [-0.1, -0.05) is 18.2 Å². The van der Waals surface area contributed by atoms with Crippen molar-refractivity contribution in [2.24, 2.45) is 0 Å². The largest absolute Gasteiger partial charge is 0.487 e. The SMILES string of the molecule is CNC(C)c1ccc(C)cc1OCc1cccc(C)n1. The fourth-order valence-electron chi connectivity index (χ4n) is 2.11. The van der Waals surface area contributed by atoms with Gasteiger partial charge in [0.15, 0.2) is 0 Å². The third-order valence-electron chi connectivity index (χ3n) is 3.39. The van der Waals surface area contributed by atoms with Crippen LogP contribution in [0.15, 0.2) is 36.4 Å². The van der Waals surface area contributed by atoms with E-state index in [-0.39, 0.29) is 6.04 Å². The molecule has 20 heavy (non-hydrogen) atoms. The maximum atomic E-state index is 5.98. The zero-order chi connectivity index (χ0) is 14.5. The highest BCUT2D eigenvalue weighted by atomic mass is 16.5. The molecule has 0 bridgehead atoms. The van der Waals surface area contributed by atoms with Crippen LogP contribution in [0.3, 0.4) is 0 Å². The Morgan fingerprint density at radius 3 is 2.70 bits per heavy atom. The number of hydrogen-bond acceptors (Lipinski definition) is 3. The molecule has 0 saturated carbocycles. The lowest BCUT2D eigenvalue weighted by atomic mass is 10.1. The monoisotopic (exact) mass is 270 g/mol. The van der Waals surface area contributed by atoms with Crippen molar-refractivity contribution in [1.29, 1.82) is 0 Å². The summed E-state index contributed by atoms with van der Waals surface area (Å²) >= 11 is 0. The number of aromatic nitrogens is 1. The topological polar surface area (TPSA) is 34.1 Å². The molecular formula is C17H22N2O. The van der Waals surface area contributed by atoms with Crippen molar-refractivity contribution in [1.82, 2.24) is 10.3 Å². The van der Waals surface area contributed by atoms with Crippen LogP contribution < -0.4 is 10.1 Å². The van der Waals surface area contributed by atoms with Crippen LogP contribution in [0.4, 0.5) is 0 Å². The van der Waals surface area contributed by atoms with Gasteiger partial charge in [-0.3, -0.25) is 4.98 Å². The summed E-state index contributed by atoms with van der Waals surface area (Å²) in [5.74, 6) is 0.926. The molecule has 3 nitrogen and oxygen atoms in total. The predicted molar refractivity (Wildman–Crippen MR) is 82.0 cm³/mol. The van der Waals surface area contributed by atoms with E-state index in [1.165, 1.54) is 11.1 Å². The van der Waals surface area contributed by atoms with Crippen LogP contribution in [0.5, 0.6) is 5.75 Å². The van der Waals surface area contributed by atoms with Crippen LogP contribution in [0.1, 0.15) is 35.5 Å². The summed E-state index contributed by atoms with van der Waals surface area (Å²) in [6.45, 7) is 6.69. The number of hydrogen-bond donors (Lipinski definition) is 1. The zero-order valence-electron chi connectivity index (χ0n) is 12.6. The van der Waals surface area contributed by atoms with Gasteiger partial charge in [-0.2, -0.15) is 0 Å². The maximum absolute atomic E-state index is 5.98. The molecule has 3 heteroatoms. The van der Waals surface area contributed by atoms with Crippen molar-refractivity contribution >= 4 is 0 Å². The van der Waals surface area contributed by atoms with E-state index in [1.807, 2.05) is 32.2 Å². The first-order valence-corrected chi connectivity index (χ1v) is 6.93. The first-order valence-electron chi connectivity index (χ1n) is 6.93. The molecule has 0 aliphatic heterocycles. The lowest BCUT2D eigenvalue weighted by Gasteiger charge is -2.17. The number of ether oxygens (including phenoxy) is 1. The molecule has 2 aromatic rings. The van der Waals surface area contributed by atoms with E-state index < -0.39 is 0 Å². The smallest absolute Gasteiger partial charge is 0.130 e. The fourth-order valence-corrected chi connectivity index (χ4v) is 2.11. The average molecular weight is 270 g/mol. The second-order valence-electron chi connectivity index (χ2n) is 5.11. The summed E-state index contributed by atoms with van der Waals surface area (Å²) in [7, 11) is 1.95. The Bertz CT molecular complexity index is 581. The van der Waals surface area contributed by atoms with Crippen molar-refractivity contribution in [3.05, 3.63) is 58.9 Å². The second kappa shape index (κ2) is 6.53. The molecule has 0 fully saturated rings. The normalized spacial score (nSPS) is 12.2. The molecule has 1 aromatic heterocycles. The van der Waals surface area contributed by atoms with Crippen LogP contribution in [0, 0.1) is 13.8 Å². The van der Waals surface area contributed by atoms with Gasteiger partial charge in [0.1, 0.15) is 12.4 Å². The molecule has 0 radical (unpaired) electrons. The molecule has 1 aromatic carbocycles. The molecule has 0 saturated heterocycles. The maximum Gasteiger partial charge on any atom is 0.130 e. The van der Waals surface area contributed by atoms with E-state index in [9.17, 15) is 0 Å². The van der Waals surface area contributed by atoms with E-state index in [1.54, 1.807) is 0 Å². The Morgan fingerprint density at radius 1 is 1.20 bits per heavy atom. The second-order valence-corrected chi connectivity index (χ2v) is 5.11. The highest BCUT2D eigenvalue weighted by molar-refractivity contribution is 5.39. The third-order valence-corrected chi connectivity index (χ3v) is 3.39. The zero-order valence-corrected chi connectivity index (χ0v) is 12.6. The minimum Gasteiger partial charge on any atom is -0.487 e. The van der Waals surface area contributed by atoms with Crippen LogP contribution in [0.2, 0.25) is 0 Å². The van der Waals surface area contributed by atoms with Crippen LogP contribution in [0.25, 0.3) is 0 Å². The Labute approximate surface area is 121 Å². The minimum absolute atomic E-state index is 0.260. The number of aryl methyl sites for hydroxylation is 2. The van der Waals surface area contributed by atoms with Gasteiger partial charge >= 0.3 is 0 Å². The molecule has 0 aliphatic carbocycles. The summed E-state index contributed by atoms with van der Waals surface area (Å²) in [6, 6.07) is 12.6. The molecule has 0 aliphatic rings. The molecule has 1 N–H and O–H groups in total. The van der Waals surface area contributed by atoms with Crippen LogP contribution in [-0.4, -0.2) is 12.0 Å². The lowest BCUT2D eigenvalue weighted by molar-refractivity contribution is 0.295. The number of benzene rings is 1. The van der Waals surface area contributed by atoms with Crippen LogP contribution in [-0.2, 0) is 6.61 Å². The van der Waals surface area contributed by atoms with Crippen molar-refractivity contribution in [2.75, 3.05) is 7.05 Å². The van der Waals surface area contributed by atoms with Gasteiger partial charge in [0.2, 0.25) is 0 Å². The Kier molecular flexibility index (Phi) is 4.74. The number of rotatable bonds is 5. The highest BCUT2D eigenvalue weighted by Gasteiger charge is 2.10. The molecule has 0 amide bonds. The number of nitrogens with zero attached hydrogens (tertiary/aromatic N) is 1. The summed E-state index contributed by atoms with van der Waals surface area (Å²) in [5, 5.41) is 3.25. The summed E-state index contributed by atoms with van der Waals surface area (Å²) < 4.78 is 5.98. The molecule has 1 atom stereocenters. The molecule has 1 heterocycles. The molecule has 0 spiro atoms. The minimum atomic E-state index is 0.260. The van der Waals surface area contributed by atoms with Crippen molar-refractivity contribution < 1.29 is 4.74 Å². The Morgan fingerprint density at radius 2 is 2.00 bits per heavy atom. The van der Waals surface area contributed by atoms with Gasteiger partial charge in [-0.15, -0.1) is 0 Å². The number of pyridine rings is 1. The van der Waals surface area contributed by atoms with E-state index in [2.05, 4.69) is 42.3 Å². The first kappa shape index (κ1) is 14.5. The molecular weight excluding hydrogens is 248 g/mol. The molecule has 1 unspecified atom stereocenters. The van der Waals surface area contributed by atoms with E-state index >= 15 is 0 Å². The predicted octanol–water partition coefficient (Wildman–Crippen LogP) is 3.56. The van der Waals surface area contributed by atoms with E-state index in [0.717, 1.165) is 17.1 Å². The van der Waals surface area contributed by atoms with Crippen molar-refractivity contribution in [2.45, 2.75) is 33.4 Å². The third kappa shape index (κ3) is 3.58. The van der Waals surface area contributed by atoms with E-state index in [0.29, 0.717) is 6.61 Å². The molecule has 2 rings (SSSR count). The van der Waals surface area contributed by atoms with Crippen molar-refractivity contribution in [3.8, 4) is 5.75 Å². The number of nitrogens with one attached hydrogen (secondary N) is 1. The van der Waals surface area contributed by atoms with Gasteiger partial charge in [-0.25, -0.2) is 0 Å². The van der Waals surface area contributed by atoms with Gasteiger partial charge < -0.3 is 10.1 Å². The van der Waals surface area contributed by atoms with Gasteiger partial charge in [-0.05, 0) is 51.6 Å². The van der Waals surface area contributed by atoms with E-state index in [4.69, 9.17) is 4.74 Å².